The highest BCUT2D eigenvalue weighted by molar-refractivity contribution is 5.41. The first-order valence-electron chi connectivity index (χ1n) is 6.92. The van der Waals surface area contributed by atoms with E-state index in [9.17, 15) is 5.11 Å². The number of ether oxygens (including phenoxy) is 1. The molecule has 0 aromatic heterocycles. The Labute approximate surface area is 116 Å². The molecule has 1 atom stereocenters. The van der Waals surface area contributed by atoms with Gasteiger partial charge in [-0.05, 0) is 37.7 Å². The van der Waals surface area contributed by atoms with E-state index in [0.717, 1.165) is 31.7 Å². The van der Waals surface area contributed by atoms with Crippen molar-refractivity contribution in [3.8, 4) is 11.5 Å². The highest BCUT2D eigenvalue weighted by Gasteiger charge is 2.07. The van der Waals surface area contributed by atoms with E-state index in [-0.39, 0.29) is 5.75 Å². The largest absolute Gasteiger partial charge is 0.504 e. The zero-order valence-corrected chi connectivity index (χ0v) is 12.4. The molecule has 0 saturated carbocycles. The molecule has 0 aliphatic heterocycles. The van der Waals surface area contributed by atoms with Gasteiger partial charge in [0.05, 0.1) is 7.11 Å². The van der Waals surface area contributed by atoms with Gasteiger partial charge in [-0.3, -0.25) is 0 Å². The summed E-state index contributed by atoms with van der Waals surface area (Å²) < 4.78 is 5.03. The molecule has 2 N–H and O–H groups in total. The number of rotatable bonds is 8. The summed E-state index contributed by atoms with van der Waals surface area (Å²) in [6, 6.07) is 5.93. The maximum absolute atomic E-state index is 9.72. The fourth-order valence-electron chi connectivity index (χ4n) is 2.07. The molecule has 0 radical (unpaired) electrons. The van der Waals surface area contributed by atoms with Crippen LogP contribution in [0, 0.1) is 0 Å². The van der Waals surface area contributed by atoms with Crippen molar-refractivity contribution in [2.45, 2.75) is 33.4 Å². The summed E-state index contributed by atoms with van der Waals surface area (Å²) in [4.78, 5) is 2.39. The van der Waals surface area contributed by atoms with Crippen LogP contribution >= 0.6 is 0 Å². The van der Waals surface area contributed by atoms with Crippen molar-refractivity contribution >= 4 is 0 Å². The van der Waals surface area contributed by atoms with Gasteiger partial charge >= 0.3 is 0 Å². The minimum Gasteiger partial charge on any atom is -0.504 e. The lowest BCUT2D eigenvalue weighted by Crippen LogP contribution is -2.38. The van der Waals surface area contributed by atoms with Crippen LogP contribution in [0.15, 0.2) is 18.2 Å². The lowest BCUT2D eigenvalue weighted by Gasteiger charge is -2.23. The zero-order chi connectivity index (χ0) is 14.3. The maximum Gasteiger partial charge on any atom is 0.160 e. The second-order valence-electron chi connectivity index (χ2n) is 4.77. The zero-order valence-electron chi connectivity index (χ0n) is 12.4. The minimum atomic E-state index is 0.193. The molecule has 108 valence electrons. The predicted octanol–water partition coefficient (Wildman–Crippen LogP) is 2.22. The van der Waals surface area contributed by atoms with E-state index in [0.29, 0.717) is 11.8 Å². The first-order chi connectivity index (χ1) is 9.10. The van der Waals surface area contributed by atoms with Crippen LogP contribution in [0.25, 0.3) is 0 Å². The summed E-state index contributed by atoms with van der Waals surface area (Å²) in [6.45, 7) is 10.5. The molecule has 4 nitrogen and oxygen atoms in total. The van der Waals surface area contributed by atoms with Crippen molar-refractivity contribution in [2.75, 3.05) is 26.7 Å². The quantitative estimate of drug-likeness (QED) is 0.757. The van der Waals surface area contributed by atoms with E-state index in [2.05, 4.69) is 31.0 Å². The molecular weight excluding hydrogens is 240 g/mol. The molecule has 1 rings (SSSR count). The van der Waals surface area contributed by atoms with E-state index in [4.69, 9.17) is 4.74 Å². The summed E-state index contributed by atoms with van der Waals surface area (Å²) in [7, 11) is 1.55. The van der Waals surface area contributed by atoms with Crippen molar-refractivity contribution in [1.29, 1.82) is 0 Å². The summed E-state index contributed by atoms with van der Waals surface area (Å²) >= 11 is 0. The second kappa shape index (κ2) is 8.02. The smallest absolute Gasteiger partial charge is 0.160 e. The molecule has 0 heterocycles. The topological polar surface area (TPSA) is 44.7 Å². The van der Waals surface area contributed by atoms with Gasteiger partial charge in [0.1, 0.15) is 0 Å². The third-order valence-corrected chi connectivity index (χ3v) is 3.32. The summed E-state index contributed by atoms with van der Waals surface area (Å²) in [5.74, 6) is 0.707. The van der Waals surface area contributed by atoms with Gasteiger partial charge in [-0.2, -0.15) is 0 Å². The van der Waals surface area contributed by atoms with E-state index in [1.807, 2.05) is 6.07 Å². The average molecular weight is 266 g/mol. The Morgan fingerprint density at radius 1 is 1.32 bits per heavy atom. The van der Waals surface area contributed by atoms with Gasteiger partial charge in [-0.1, -0.05) is 19.9 Å². The Morgan fingerprint density at radius 3 is 2.53 bits per heavy atom. The molecule has 0 aliphatic rings. The third kappa shape index (κ3) is 5.09. The van der Waals surface area contributed by atoms with Crippen LogP contribution in [0.3, 0.4) is 0 Å². The Balaban J connectivity index is 2.45. The van der Waals surface area contributed by atoms with Crippen LogP contribution in [0.4, 0.5) is 0 Å². The van der Waals surface area contributed by atoms with Crippen molar-refractivity contribution in [2.24, 2.45) is 0 Å². The van der Waals surface area contributed by atoms with Gasteiger partial charge in [-0.25, -0.2) is 0 Å². The fraction of sp³-hybridized carbons (Fsp3) is 0.600. The normalized spacial score (nSPS) is 12.7. The Kier molecular flexibility index (Phi) is 6.67. The van der Waals surface area contributed by atoms with Gasteiger partial charge in [0.15, 0.2) is 11.5 Å². The molecule has 1 aromatic carbocycles. The van der Waals surface area contributed by atoms with Gasteiger partial charge in [-0.15, -0.1) is 0 Å². The van der Waals surface area contributed by atoms with E-state index < -0.39 is 0 Å². The van der Waals surface area contributed by atoms with Crippen LogP contribution in [0.5, 0.6) is 11.5 Å². The molecule has 0 spiro atoms. The summed E-state index contributed by atoms with van der Waals surface area (Å²) in [5, 5.41) is 13.2. The third-order valence-electron chi connectivity index (χ3n) is 3.32. The standard InChI is InChI=1S/C15H26N2O2/c1-5-17(6-2)11-12(3)16-10-13-7-8-15(19-4)14(18)9-13/h7-9,12,16,18H,5-6,10-11H2,1-4H3. The van der Waals surface area contributed by atoms with Crippen molar-refractivity contribution < 1.29 is 9.84 Å². The molecule has 0 bridgehead atoms. The number of aromatic hydroxyl groups is 1. The number of phenolic OH excluding ortho intramolecular Hbond substituents is 1. The number of likely N-dealkylation sites (N-methyl/N-ethyl adjacent to an activating group) is 1. The van der Waals surface area contributed by atoms with Crippen molar-refractivity contribution in [3.63, 3.8) is 0 Å². The number of nitrogens with zero attached hydrogens (tertiary/aromatic N) is 1. The maximum atomic E-state index is 9.72. The summed E-state index contributed by atoms with van der Waals surface area (Å²) in [5.41, 5.74) is 1.06. The van der Waals surface area contributed by atoms with Crippen LogP contribution < -0.4 is 10.1 Å². The Morgan fingerprint density at radius 2 is 2.00 bits per heavy atom. The second-order valence-corrected chi connectivity index (χ2v) is 4.77. The summed E-state index contributed by atoms with van der Waals surface area (Å²) in [6.07, 6.45) is 0. The van der Waals surface area contributed by atoms with Crippen LogP contribution in [0.2, 0.25) is 0 Å². The monoisotopic (exact) mass is 266 g/mol. The van der Waals surface area contributed by atoms with Gasteiger partial charge in [0.25, 0.3) is 0 Å². The van der Waals surface area contributed by atoms with E-state index in [1.165, 1.54) is 0 Å². The molecule has 4 heteroatoms. The lowest BCUT2D eigenvalue weighted by molar-refractivity contribution is 0.270. The molecule has 0 aliphatic carbocycles. The number of nitrogens with one attached hydrogen (secondary N) is 1. The molecule has 0 amide bonds. The molecule has 19 heavy (non-hydrogen) atoms. The molecule has 1 aromatic rings. The highest BCUT2D eigenvalue weighted by atomic mass is 16.5. The number of hydrogen-bond donors (Lipinski definition) is 2. The molecule has 0 saturated heterocycles. The SMILES string of the molecule is CCN(CC)CC(C)NCc1ccc(OC)c(O)c1. The van der Waals surface area contributed by atoms with E-state index in [1.54, 1.807) is 19.2 Å². The number of phenols is 1. The first kappa shape index (κ1) is 15.8. The van der Waals surface area contributed by atoms with Crippen molar-refractivity contribution in [3.05, 3.63) is 23.8 Å². The highest BCUT2D eigenvalue weighted by Crippen LogP contribution is 2.26. The van der Waals surface area contributed by atoms with Crippen LogP contribution in [0.1, 0.15) is 26.3 Å². The van der Waals surface area contributed by atoms with Crippen molar-refractivity contribution in [1.82, 2.24) is 10.2 Å². The Hall–Kier alpha value is -1.26. The first-order valence-corrected chi connectivity index (χ1v) is 6.92. The van der Waals surface area contributed by atoms with Gasteiger partial charge in [0, 0.05) is 19.1 Å². The molecule has 1 unspecified atom stereocenters. The number of benzene rings is 1. The Bertz CT molecular complexity index is 378. The molecular formula is C15H26N2O2. The van der Waals surface area contributed by atoms with E-state index >= 15 is 0 Å². The predicted molar refractivity (Wildman–Crippen MR) is 78.7 cm³/mol. The van der Waals surface area contributed by atoms with Gasteiger partial charge in [0.2, 0.25) is 0 Å². The lowest BCUT2D eigenvalue weighted by atomic mass is 10.2. The molecule has 0 fully saturated rings. The van der Waals surface area contributed by atoms with Crippen LogP contribution in [-0.4, -0.2) is 42.8 Å². The number of hydrogen-bond acceptors (Lipinski definition) is 4. The van der Waals surface area contributed by atoms with Crippen LogP contribution in [-0.2, 0) is 6.54 Å². The fourth-order valence-corrected chi connectivity index (χ4v) is 2.07. The number of methoxy groups -OCH3 is 1. The average Bonchev–Trinajstić information content (AvgIpc) is 2.42. The minimum absolute atomic E-state index is 0.193. The van der Waals surface area contributed by atoms with Gasteiger partial charge < -0.3 is 20.1 Å².